The van der Waals surface area contributed by atoms with Gasteiger partial charge in [-0.25, -0.2) is 4.79 Å². The molecule has 0 saturated carbocycles. The molecule has 0 aliphatic heterocycles. The summed E-state index contributed by atoms with van der Waals surface area (Å²) >= 11 is 1.44. The Labute approximate surface area is 129 Å². The van der Waals surface area contributed by atoms with E-state index in [2.05, 4.69) is 0 Å². The molecule has 1 aromatic rings. The van der Waals surface area contributed by atoms with Gasteiger partial charge in [-0.2, -0.15) is 0 Å². The number of rotatable bonds is 8. The quantitative estimate of drug-likeness (QED) is 0.545. The van der Waals surface area contributed by atoms with Gasteiger partial charge in [-0.1, -0.05) is 30.3 Å². The predicted octanol–water partition coefficient (Wildman–Crippen LogP) is 3.32. The number of hydrogen-bond acceptors (Lipinski definition) is 5. The van der Waals surface area contributed by atoms with E-state index in [0.29, 0.717) is 23.9 Å². The van der Waals surface area contributed by atoms with Crippen LogP contribution in [0.4, 0.5) is 0 Å². The van der Waals surface area contributed by atoms with Crippen molar-refractivity contribution in [2.75, 3.05) is 13.2 Å². The average Bonchev–Trinajstić information content (AvgIpc) is 2.46. The number of esters is 2. The molecule has 0 aliphatic carbocycles. The Bertz CT molecular complexity index is 482. The lowest BCUT2D eigenvalue weighted by molar-refractivity contribution is -0.142. The predicted molar refractivity (Wildman–Crippen MR) is 83.7 cm³/mol. The van der Waals surface area contributed by atoms with E-state index in [1.165, 1.54) is 17.8 Å². The van der Waals surface area contributed by atoms with Gasteiger partial charge in [0.05, 0.1) is 19.6 Å². The maximum atomic E-state index is 11.6. The molecule has 0 amide bonds. The number of hydrogen-bond donors (Lipinski definition) is 0. The molecule has 114 valence electrons. The van der Waals surface area contributed by atoms with Crippen LogP contribution in [0.1, 0.15) is 25.8 Å². The van der Waals surface area contributed by atoms with Crippen LogP contribution in [0.15, 0.2) is 41.3 Å². The highest BCUT2D eigenvalue weighted by Crippen LogP contribution is 2.24. The van der Waals surface area contributed by atoms with Crippen LogP contribution >= 0.6 is 11.8 Å². The fourth-order valence-corrected chi connectivity index (χ4v) is 2.51. The molecule has 1 aromatic carbocycles. The molecule has 0 unspecified atom stereocenters. The van der Waals surface area contributed by atoms with E-state index in [1.807, 2.05) is 30.3 Å². The smallest absolute Gasteiger partial charge is 0.331 e. The highest BCUT2D eigenvalue weighted by molar-refractivity contribution is 8.02. The SMILES string of the molecule is CCOC(=O)C=C(CC(=O)OCC)SCc1ccccc1. The zero-order chi connectivity index (χ0) is 15.5. The van der Waals surface area contributed by atoms with Crippen molar-refractivity contribution in [3.8, 4) is 0 Å². The molecular formula is C16H20O4S. The van der Waals surface area contributed by atoms with Gasteiger partial charge in [-0.05, 0) is 19.4 Å². The van der Waals surface area contributed by atoms with Crippen molar-refractivity contribution in [1.82, 2.24) is 0 Å². The van der Waals surface area contributed by atoms with Gasteiger partial charge in [0.2, 0.25) is 0 Å². The minimum atomic E-state index is -0.433. The van der Waals surface area contributed by atoms with Crippen LogP contribution in [0.2, 0.25) is 0 Å². The number of carbonyl (C=O) groups is 2. The lowest BCUT2D eigenvalue weighted by Gasteiger charge is -2.07. The number of carbonyl (C=O) groups excluding carboxylic acids is 2. The number of thioether (sulfide) groups is 1. The molecule has 0 fully saturated rings. The van der Waals surface area contributed by atoms with Crippen LogP contribution in [0.5, 0.6) is 0 Å². The zero-order valence-electron chi connectivity index (χ0n) is 12.3. The van der Waals surface area contributed by atoms with Crippen LogP contribution < -0.4 is 0 Å². The van der Waals surface area contributed by atoms with Gasteiger partial charge in [-0.15, -0.1) is 11.8 Å². The summed E-state index contributed by atoms with van der Waals surface area (Å²) < 4.78 is 9.81. The maximum absolute atomic E-state index is 11.6. The number of ether oxygens (including phenoxy) is 2. The monoisotopic (exact) mass is 308 g/mol. The summed E-state index contributed by atoms with van der Waals surface area (Å²) in [6.07, 6.45) is 1.46. The van der Waals surface area contributed by atoms with Gasteiger partial charge in [0.15, 0.2) is 0 Å². The second-order valence-electron chi connectivity index (χ2n) is 4.12. The third-order valence-corrected chi connectivity index (χ3v) is 3.57. The molecule has 0 atom stereocenters. The Kier molecular flexibility index (Phi) is 8.28. The van der Waals surface area contributed by atoms with Crippen molar-refractivity contribution < 1.29 is 19.1 Å². The Morgan fingerprint density at radius 1 is 1.10 bits per heavy atom. The van der Waals surface area contributed by atoms with Gasteiger partial charge >= 0.3 is 11.9 Å². The second-order valence-corrected chi connectivity index (χ2v) is 5.22. The summed E-state index contributed by atoms with van der Waals surface area (Å²) in [5.74, 6) is -0.0863. The first-order chi connectivity index (χ1) is 10.2. The molecular weight excluding hydrogens is 288 g/mol. The molecule has 0 aromatic heterocycles. The molecule has 0 heterocycles. The van der Waals surface area contributed by atoms with Crippen LogP contribution in [-0.2, 0) is 24.8 Å². The Hall–Kier alpha value is -1.75. The molecule has 0 aliphatic rings. The van der Waals surface area contributed by atoms with E-state index < -0.39 is 5.97 Å². The summed E-state index contributed by atoms with van der Waals surface area (Å²) in [6, 6.07) is 9.85. The number of benzene rings is 1. The molecule has 0 saturated heterocycles. The van der Waals surface area contributed by atoms with Crippen LogP contribution in [0.3, 0.4) is 0 Å². The Morgan fingerprint density at radius 2 is 1.76 bits per heavy atom. The molecule has 21 heavy (non-hydrogen) atoms. The second kappa shape index (κ2) is 10.0. The fraction of sp³-hybridized carbons (Fsp3) is 0.375. The molecule has 0 bridgehead atoms. The van der Waals surface area contributed by atoms with Crippen molar-refractivity contribution in [3.05, 3.63) is 46.9 Å². The first-order valence-corrected chi connectivity index (χ1v) is 7.84. The molecule has 5 heteroatoms. The first kappa shape index (κ1) is 17.3. The molecule has 0 N–H and O–H groups in total. The third-order valence-electron chi connectivity index (χ3n) is 2.46. The summed E-state index contributed by atoms with van der Waals surface area (Å²) in [4.78, 5) is 23.8. The summed E-state index contributed by atoms with van der Waals surface area (Å²) in [5, 5.41) is 0. The fourth-order valence-electron chi connectivity index (χ4n) is 1.56. The van der Waals surface area contributed by atoms with E-state index in [4.69, 9.17) is 9.47 Å². The highest BCUT2D eigenvalue weighted by atomic mass is 32.2. The van der Waals surface area contributed by atoms with Gasteiger partial charge in [0.25, 0.3) is 0 Å². The van der Waals surface area contributed by atoms with E-state index >= 15 is 0 Å². The van der Waals surface area contributed by atoms with Gasteiger partial charge < -0.3 is 9.47 Å². The standard InChI is InChI=1S/C16H20O4S/c1-3-19-15(17)10-14(11-16(18)20-4-2)21-12-13-8-6-5-7-9-13/h5-10H,3-4,11-12H2,1-2H3. The van der Waals surface area contributed by atoms with Gasteiger partial charge in [0, 0.05) is 16.7 Å². The summed E-state index contributed by atoms with van der Waals surface area (Å²) in [7, 11) is 0. The topological polar surface area (TPSA) is 52.6 Å². The van der Waals surface area contributed by atoms with Gasteiger partial charge in [-0.3, -0.25) is 4.79 Å². The minimum absolute atomic E-state index is 0.0875. The third kappa shape index (κ3) is 7.56. The lowest BCUT2D eigenvalue weighted by atomic mass is 10.2. The molecule has 1 rings (SSSR count). The maximum Gasteiger partial charge on any atom is 0.331 e. The normalized spacial score (nSPS) is 11.0. The summed E-state index contributed by atoms with van der Waals surface area (Å²) in [5.41, 5.74) is 1.13. The van der Waals surface area contributed by atoms with E-state index in [0.717, 1.165) is 5.56 Å². The van der Waals surface area contributed by atoms with E-state index in [9.17, 15) is 9.59 Å². The van der Waals surface area contributed by atoms with Gasteiger partial charge in [0.1, 0.15) is 0 Å². The molecule has 0 radical (unpaired) electrons. The lowest BCUT2D eigenvalue weighted by Crippen LogP contribution is -2.06. The van der Waals surface area contributed by atoms with Crippen LogP contribution in [0, 0.1) is 0 Å². The van der Waals surface area contributed by atoms with Crippen molar-refractivity contribution in [2.45, 2.75) is 26.0 Å². The van der Waals surface area contributed by atoms with Crippen LogP contribution in [-0.4, -0.2) is 25.2 Å². The zero-order valence-corrected chi connectivity index (χ0v) is 13.2. The molecule has 4 nitrogen and oxygen atoms in total. The summed E-state index contributed by atoms with van der Waals surface area (Å²) in [6.45, 7) is 4.14. The first-order valence-electron chi connectivity index (χ1n) is 6.85. The van der Waals surface area contributed by atoms with E-state index in [1.54, 1.807) is 13.8 Å². The van der Waals surface area contributed by atoms with Crippen molar-refractivity contribution in [1.29, 1.82) is 0 Å². The minimum Gasteiger partial charge on any atom is -0.466 e. The van der Waals surface area contributed by atoms with E-state index in [-0.39, 0.29) is 12.4 Å². The van der Waals surface area contributed by atoms with Crippen molar-refractivity contribution in [3.63, 3.8) is 0 Å². The van der Waals surface area contributed by atoms with Crippen molar-refractivity contribution >= 4 is 23.7 Å². The van der Waals surface area contributed by atoms with Crippen LogP contribution in [0.25, 0.3) is 0 Å². The largest absolute Gasteiger partial charge is 0.466 e. The Morgan fingerprint density at radius 3 is 2.38 bits per heavy atom. The Balaban J connectivity index is 2.67. The van der Waals surface area contributed by atoms with Crippen molar-refractivity contribution in [2.24, 2.45) is 0 Å². The molecule has 0 spiro atoms. The highest BCUT2D eigenvalue weighted by Gasteiger charge is 2.10. The average molecular weight is 308 g/mol.